The Balaban J connectivity index is 1.31. The second kappa shape index (κ2) is 11.6. The third-order valence-electron chi connectivity index (χ3n) is 7.90. The van der Waals surface area contributed by atoms with E-state index < -0.39 is 0 Å². The predicted molar refractivity (Wildman–Crippen MR) is 162 cm³/mol. The molecule has 1 unspecified atom stereocenters. The van der Waals surface area contributed by atoms with Crippen LogP contribution in [0.5, 0.6) is 5.75 Å². The van der Waals surface area contributed by atoms with E-state index in [0.29, 0.717) is 29.1 Å². The Kier molecular flexibility index (Phi) is 7.58. The lowest BCUT2D eigenvalue weighted by Gasteiger charge is -2.32. The molecule has 2 aliphatic heterocycles. The number of amides is 1. The first-order valence-corrected chi connectivity index (χ1v) is 13.9. The molecule has 4 aromatic rings. The van der Waals surface area contributed by atoms with Crippen molar-refractivity contribution in [3.63, 3.8) is 0 Å². The summed E-state index contributed by atoms with van der Waals surface area (Å²) in [6.07, 6.45) is 6.14. The maximum Gasteiger partial charge on any atom is 0.247 e. The van der Waals surface area contributed by atoms with Gasteiger partial charge in [0, 0.05) is 74.2 Å². The number of rotatable bonds is 8. The largest absolute Gasteiger partial charge is 0.494 e. The molecule has 2 N–H and O–H groups in total. The quantitative estimate of drug-likeness (QED) is 0.310. The topological polar surface area (TPSA) is 96.8 Å². The van der Waals surface area contributed by atoms with E-state index in [1.807, 2.05) is 37.4 Å². The molecular formula is C31H35N7O3. The number of fused-ring (bicyclic) bond motifs is 1. The van der Waals surface area contributed by atoms with Crippen LogP contribution in [0.3, 0.4) is 0 Å². The number of ether oxygens (including phenoxy) is 2. The molecule has 41 heavy (non-hydrogen) atoms. The van der Waals surface area contributed by atoms with Crippen LogP contribution in [0, 0.1) is 0 Å². The van der Waals surface area contributed by atoms with Gasteiger partial charge in [0.05, 0.1) is 43.1 Å². The average Bonchev–Trinajstić information content (AvgIpc) is 3.63. The average molecular weight is 554 g/mol. The summed E-state index contributed by atoms with van der Waals surface area (Å²) in [6, 6.07) is 14.4. The van der Waals surface area contributed by atoms with E-state index in [9.17, 15) is 4.79 Å². The second-order valence-electron chi connectivity index (χ2n) is 10.4. The number of carbonyl (C=O) groups excluding carboxylic acids is 1. The van der Waals surface area contributed by atoms with Crippen molar-refractivity contribution >= 4 is 39.8 Å². The van der Waals surface area contributed by atoms with Crippen molar-refractivity contribution in [3.8, 4) is 17.0 Å². The molecule has 4 heterocycles. The summed E-state index contributed by atoms with van der Waals surface area (Å²) < 4.78 is 13.5. The van der Waals surface area contributed by atoms with Crippen LogP contribution < -0.4 is 20.3 Å². The van der Waals surface area contributed by atoms with Gasteiger partial charge in [-0.1, -0.05) is 24.8 Å². The van der Waals surface area contributed by atoms with Crippen molar-refractivity contribution in [2.45, 2.75) is 12.5 Å². The first-order chi connectivity index (χ1) is 20.0. The molecule has 0 bridgehead atoms. The van der Waals surface area contributed by atoms with Crippen molar-refractivity contribution in [3.05, 3.63) is 67.5 Å². The fraction of sp³-hybridized carbons (Fsp3) is 0.323. The molecule has 10 nitrogen and oxygen atoms in total. The van der Waals surface area contributed by atoms with Crippen LogP contribution in [0.1, 0.15) is 6.42 Å². The maximum atomic E-state index is 12.4. The zero-order chi connectivity index (χ0) is 28.3. The van der Waals surface area contributed by atoms with Gasteiger partial charge < -0.3 is 29.6 Å². The van der Waals surface area contributed by atoms with Gasteiger partial charge in [0.15, 0.2) is 0 Å². The van der Waals surface area contributed by atoms with Crippen LogP contribution in [0.2, 0.25) is 0 Å². The molecule has 1 atom stereocenters. The van der Waals surface area contributed by atoms with Gasteiger partial charge in [-0.3, -0.25) is 9.69 Å². The summed E-state index contributed by atoms with van der Waals surface area (Å²) in [7, 11) is 3.67. The molecule has 0 spiro atoms. The van der Waals surface area contributed by atoms with Gasteiger partial charge in [0.1, 0.15) is 5.75 Å². The Labute approximate surface area is 239 Å². The van der Waals surface area contributed by atoms with E-state index in [1.165, 1.54) is 6.08 Å². The summed E-state index contributed by atoms with van der Waals surface area (Å²) >= 11 is 0. The van der Waals surface area contributed by atoms with E-state index in [1.54, 1.807) is 13.3 Å². The summed E-state index contributed by atoms with van der Waals surface area (Å²) in [5, 5.41) is 7.45. The van der Waals surface area contributed by atoms with E-state index in [0.717, 1.165) is 73.7 Å². The third kappa shape index (κ3) is 5.48. The molecular weight excluding hydrogens is 518 g/mol. The first-order valence-electron chi connectivity index (χ1n) is 13.9. The highest BCUT2D eigenvalue weighted by molar-refractivity contribution is 6.02. The Morgan fingerprint density at radius 1 is 1.15 bits per heavy atom. The first kappa shape index (κ1) is 26.8. The highest BCUT2D eigenvalue weighted by atomic mass is 16.5. The highest BCUT2D eigenvalue weighted by Crippen LogP contribution is 2.40. The van der Waals surface area contributed by atoms with Crippen LogP contribution in [0.4, 0.5) is 23.0 Å². The van der Waals surface area contributed by atoms with Gasteiger partial charge in [0.2, 0.25) is 11.9 Å². The van der Waals surface area contributed by atoms with E-state index in [2.05, 4.69) is 54.9 Å². The van der Waals surface area contributed by atoms with Gasteiger partial charge in [-0.25, -0.2) is 9.97 Å². The van der Waals surface area contributed by atoms with Gasteiger partial charge in [0.25, 0.3) is 0 Å². The summed E-state index contributed by atoms with van der Waals surface area (Å²) in [4.78, 5) is 26.6. The molecule has 0 radical (unpaired) electrons. The van der Waals surface area contributed by atoms with E-state index >= 15 is 0 Å². The summed E-state index contributed by atoms with van der Waals surface area (Å²) in [5.74, 6) is 0.780. The number of para-hydroxylation sites is 1. The smallest absolute Gasteiger partial charge is 0.247 e. The zero-order valence-corrected chi connectivity index (χ0v) is 23.5. The fourth-order valence-electron chi connectivity index (χ4n) is 5.82. The number of morpholine rings is 1. The third-order valence-corrected chi connectivity index (χ3v) is 7.90. The van der Waals surface area contributed by atoms with Crippen LogP contribution in [0.25, 0.3) is 22.2 Å². The van der Waals surface area contributed by atoms with Crippen LogP contribution in [-0.4, -0.2) is 77.9 Å². The van der Waals surface area contributed by atoms with Gasteiger partial charge in [-0.2, -0.15) is 0 Å². The number of hydrogen-bond acceptors (Lipinski definition) is 8. The number of aryl methyl sites for hydroxylation is 1. The molecule has 212 valence electrons. The monoisotopic (exact) mass is 553 g/mol. The molecule has 2 aromatic heterocycles. The van der Waals surface area contributed by atoms with E-state index in [-0.39, 0.29) is 5.91 Å². The number of nitrogens with zero attached hydrogens (tertiary/aromatic N) is 5. The number of anilines is 4. The Morgan fingerprint density at radius 3 is 2.78 bits per heavy atom. The Bertz CT molecular complexity index is 1580. The summed E-state index contributed by atoms with van der Waals surface area (Å²) in [6.45, 7) is 8.82. The number of carbonyl (C=O) groups is 1. The number of hydrogen-bond donors (Lipinski definition) is 2. The molecule has 2 aliphatic rings. The molecule has 1 amide bonds. The van der Waals surface area contributed by atoms with Crippen LogP contribution in [-0.2, 0) is 16.6 Å². The van der Waals surface area contributed by atoms with Crippen molar-refractivity contribution < 1.29 is 14.3 Å². The number of benzene rings is 2. The van der Waals surface area contributed by atoms with Gasteiger partial charge in [-0.05, 0) is 30.7 Å². The summed E-state index contributed by atoms with van der Waals surface area (Å²) in [5.41, 5.74) is 5.19. The number of aromatic nitrogens is 3. The minimum absolute atomic E-state index is 0.277. The SMILES string of the molecule is C=CC(=O)Nc1cc(Nc2nccc(-c3cn(C)c4ccccc34)n2)c(OC)cc1N1CCC(N2CCOCC2)C1. The molecule has 2 fully saturated rings. The van der Waals surface area contributed by atoms with Crippen LogP contribution >= 0.6 is 0 Å². The Hall–Kier alpha value is -4.41. The number of methoxy groups -OCH3 is 1. The van der Waals surface area contributed by atoms with Gasteiger partial charge >= 0.3 is 0 Å². The highest BCUT2D eigenvalue weighted by Gasteiger charge is 2.30. The number of nitrogens with one attached hydrogen (secondary N) is 2. The molecule has 0 aliphatic carbocycles. The molecule has 10 heteroatoms. The second-order valence-corrected chi connectivity index (χ2v) is 10.4. The molecule has 2 saturated heterocycles. The van der Waals surface area contributed by atoms with Crippen LogP contribution in [0.15, 0.2) is 67.5 Å². The lowest BCUT2D eigenvalue weighted by Crippen LogP contribution is -2.44. The lowest BCUT2D eigenvalue weighted by molar-refractivity contribution is -0.111. The normalized spacial score (nSPS) is 17.5. The Morgan fingerprint density at radius 2 is 1.98 bits per heavy atom. The standard InChI is InChI=1S/C31H35N7O3/c1-4-30(39)33-25-17-26(29(40-3)18-28(25)38-12-10-21(19-38)37-13-15-41-16-14-37)35-31-32-11-9-24(34-31)23-20-36(2)27-8-6-5-7-22(23)27/h4-9,11,17-18,20-21H,1,10,12-16,19H2,2-3H3,(H,33,39)(H,32,34,35). The maximum absolute atomic E-state index is 12.4. The molecule has 6 rings (SSSR count). The minimum atomic E-state index is -0.277. The van der Waals surface area contributed by atoms with E-state index in [4.69, 9.17) is 14.5 Å². The van der Waals surface area contributed by atoms with Crippen molar-refractivity contribution in [1.82, 2.24) is 19.4 Å². The van der Waals surface area contributed by atoms with Crippen molar-refractivity contribution in [2.24, 2.45) is 7.05 Å². The van der Waals surface area contributed by atoms with Crippen molar-refractivity contribution in [2.75, 3.05) is 62.0 Å². The van der Waals surface area contributed by atoms with Gasteiger partial charge in [-0.15, -0.1) is 0 Å². The van der Waals surface area contributed by atoms with Crippen molar-refractivity contribution in [1.29, 1.82) is 0 Å². The lowest BCUT2D eigenvalue weighted by atomic mass is 10.1. The predicted octanol–water partition coefficient (Wildman–Crippen LogP) is 4.42. The fourth-order valence-corrected chi connectivity index (χ4v) is 5.82. The zero-order valence-electron chi connectivity index (χ0n) is 23.5. The minimum Gasteiger partial charge on any atom is -0.494 e. The molecule has 2 aromatic carbocycles. The molecule has 0 saturated carbocycles.